The quantitative estimate of drug-likeness (QED) is 0.353. The molecule has 1 heterocycles. The summed E-state index contributed by atoms with van der Waals surface area (Å²) in [5.74, 6) is -1.37. The van der Waals surface area contributed by atoms with Crippen molar-refractivity contribution in [3.05, 3.63) is 77.9 Å². The van der Waals surface area contributed by atoms with Gasteiger partial charge in [0.2, 0.25) is 0 Å². The van der Waals surface area contributed by atoms with Crippen molar-refractivity contribution < 1.29 is 29.0 Å². The molecule has 0 spiro atoms. The van der Waals surface area contributed by atoms with Gasteiger partial charge in [0, 0.05) is 18.5 Å². The number of hydrogen-bond acceptors (Lipinski definition) is 6. The van der Waals surface area contributed by atoms with Gasteiger partial charge in [-0.2, -0.15) is 0 Å². The Bertz CT molecular complexity index is 1210. The van der Waals surface area contributed by atoms with Gasteiger partial charge in [-0.1, -0.05) is 74.7 Å². The Morgan fingerprint density at radius 3 is 2.32 bits per heavy atom. The number of fused-ring (bicyclic) bond motifs is 3. The van der Waals surface area contributed by atoms with Crippen molar-refractivity contribution in [1.82, 2.24) is 14.9 Å². The standard InChI is InChI=1S/C28H31N3O6/c1-2-3-4-9-14-36-28(35)31-16-19(29-18-31)15-25(26(32)33)30-27(34)37-17-24-22-12-7-5-10-20(22)21-11-6-8-13-23(21)24/h5-8,10-13,16,18,24-25H,2-4,9,14-15,17H2,1H3,(H,30,34)(H,32,33)/t25-/m1/s1. The van der Waals surface area contributed by atoms with E-state index in [9.17, 15) is 19.5 Å². The highest BCUT2D eigenvalue weighted by atomic mass is 16.6. The highest BCUT2D eigenvalue weighted by Crippen LogP contribution is 2.44. The summed E-state index contributed by atoms with van der Waals surface area (Å²) >= 11 is 0. The Morgan fingerprint density at radius 1 is 1.00 bits per heavy atom. The van der Waals surface area contributed by atoms with E-state index in [1.54, 1.807) is 0 Å². The molecule has 0 unspecified atom stereocenters. The van der Waals surface area contributed by atoms with Crippen LogP contribution in [-0.4, -0.2) is 52.1 Å². The van der Waals surface area contributed by atoms with E-state index in [0.29, 0.717) is 12.3 Å². The number of nitrogens with zero attached hydrogens (tertiary/aromatic N) is 2. The lowest BCUT2D eigenvalue weighted by Crippen LogP contribution is -2.43. The smallest absolute Gasteiger partial charge is 0.419 e. The maximum atomic E-state index is 12.5. The number of aliphatic carboxylic acids is 1. The van der Waals surface area contributed by atoms with E-state index in [0.717, 1.165) is 47.9 Å². The molecule has 9 heteroatoms. The Morgan fingerprint density at radius 2 is 1.68 bits per heavy atom. The number of ether oxygens (including phenoxy) is 2. The second kappa shape index (κ2) is 12.2. The van der Waals surface area contributed by atoms with Crippen LogP contribution >= 0.6 is 0 Å². The van der Waals surface area contributed by atoms with Gasteiger partial charge in [-0.05, 0) is 28.7 Å². The van der Waals surface area contributed by atoms with Gasteiger partial charge in [-0.15, -0.1) is 0 Å². The first-order valence-electron chi connectivity index (χ1n) is 12.5. The molecular weight excluding hydrogens is 474 g/mol. The van der Waals surface area contributed by atoms with E-state index >= 15 is 0 Å². The molecule has 4 rings (SSSR count). The highest BCUT2D eigenvalue weighted by Gasteiger charge is 2.30. The lowest BCUT2D eigenvalue weighted by atomic mass is 9.98. The van der Waals surface area contributed by atoms with Crippen molar-refractivity contribution in [1.29, 1.82) is 0 Å². The molecule has 0 radical (unpaired) electrons. The van der Waals surface area contributed by atoms with Crippen molar-refractivity contribution in [3.8, 4) is 11.1 Å². The Balaban J connectivity index is 1.31. The minimum atomic E-state index is -1.27. The molecule has 1 aromatic heterocycles. The van der Waals surface area contributed by atoms with E-state index in [2.05, 4.69) is 17.2 Å². The number of hydrogen-bond donors (Lipinski definition) is 2. The maximum absolute atomic E-state index is 12.5. The van der Waals surface area contributed by atoms with Gasteiger partial charge in [-0.3, -0.25) is 0 Å². The van der Waals surface area contributed by atoms with Crippen LogP contribution in [0.1, 0.15) is 55.3 Å². The maximum Gasteiger partial charge on any atom is 0.419 e. The summed E-state index contributed by atoms with van der Waals surface area (Å²) in [6.07, 6.45) is 5.10. The number of benzene rings is 2. The summed E-state index contributed by atoms with van der Waals surface area (Å²) in [5.41, 5.74) is 4.66. The fraction of sp³-hybridized carbons (Fsp3) is 0.357. The predicted molar refractivity (Wildman–Crippen MR) is 136 cm³/mol. The molecule has 194 valence electrons. The molecule has 2 aromatic carbocycles. The highest BCUT2D eigenvalue weighted by molar-refractivity contribution is 5.81. The molecule has 1 atom stereocenters. The first-order valence-corrected chi connectivity index (χ1v) is 12.5. The van der Waals surface area contributed by atoms with Crippen LogP contribution in [0.2, 0.25) is 0 Å². The van der Waals surface area contributed by atoms with Crippen molar-refractivity contribution in [3.63, 3.8) is 0 Å². The molecule has 3 aromatic rings. The average Bonchev–Trinajstić information content (AvgIpc) is 3.49. The second-order valence-electron chi connectivity index (χ2n) is 9.01. The third-order valence-electron chi connectivity index (χ3n) is 6.42. The van der Waals surface area contributed by atoms with Crippen LogP contribution in [0.3, 0.4) is 0 Å². The van der Waals surface area contributed by atoms with E-state index in [1.807, 2.05) is 48.5 Å². The molecule has 0 saturated heterocycles. The fourth-order valence-electron chi connectivity index (χ4n) is 4.52. The van der Waals surface area contributed by atoms with Crippen LogP contribution in [0, 0.1) is 0 Å². The molecule has 0 fully saturated rings. The molecule has 0 aliphatic heterocycles. The number of amides is 1. The minimum absolute atomic E-state index is 0.0743. The number of imidazole rings is 1. The molecule has 0 bridgehead atoms. The van der Waals surface area contributed by atoms with E-state index in [4.69, 9.17) is 9.47 Å². The zero-order chi connectivity index (χ0) is 26.2. The molecule has 2 N–H and O–H groups in total. The lowest BCUT2D eigenvalue weighted by molar-refractivity contribution is -0.139. The molecule has 1 aliphatic carbocycles. The topological polar surface area (TPSA) is 120 Å². The van der Waals surface area contributed by atoms with Crippen molar-refractivity contribution in [2.24, 2.45) is 0 Å². The summed E-state index contributed by atoms with van der Waals surface area (Å²) in [4.78, 5) is 40.6. The number of alkyl carbamates (subject to hydrolysis) is 1. The van der Waals surface area contributed by atoms with Gasteiger partial charge in [-0.25, -0.2) is 23.9 Å². The minimum Gasteiger partial charge on any atom is -0.480 e. The zero-order valence-corrected chi connectivity index (χ0v) is 20.8. The van der Waals surface area contributed by atoms with Crippen molar-refractivity contribution in [2.75, 3.05) is 13.2 Å². The molecular formula is C28H31N3O6. The van der Waals surface area contributed by atoms with Crippen LogP contribution in [0.15, 0.2) is 61.1 Å². The lowest BCUT2D eigenvalue weighted by Gasteiger charge is -2.17. The van der Waals surface area contributed by atoms with E-state index < -0.39 is 24.2 Å². The third kappa shape index (κ3) is 6.35. The second-order valence-corrected chi connectivity index (χ2v) is 9.01. The monoisotopic (exact) mass is 505 g/mol. The van der Waals surface area contributed by atoms with Crippen LogP contribution in [0.4, 0.5) is 9.59 Å². The zero-order valence-electron chi connectivity index (χ0n) is 20.8. The summed E-state index contributed by atoms with van der Waals surface area (Å²) in [7, 11) is 0. The number of carbonyl (C=O) groups excluding carboxylic acids is 2. The number of carboxylic acids is 1. The van der Waals surface area contributed by atoms with Crippen LogP contribution in [0.25, 0.3) is 11.1 Å². The normalized spacial score (nSPS) is 12.9. The summed E-state index contributed by atoms with van der Waals surface area (Å²) in [6, 6.07) is 14.6. The third-order valence-corrected chi connectivity index (χ3v) is 6.42. The first-order chi connectivity index (χ1) is 18.0. The fourth-order valence-corrected chi connectivity index (χ4v) is 4.52. The van der Waals surface area contributed by atoms with Crippen LogP contribution < -0.4 is 5.32 Å². The summed E-state index contributed by atoms with van der Waals surface area (Å²) in [5, 5.41) is 12.0. The number of aromatic nitrogens is 2. The summed E-state index contributed by atoms with van der Waals surface area (Å²) < 4.78 is 11.8. The van der Waals surface area contributed by atoms with Gasteiger partial charge in [0.05, 0.1) is 12.3 Å². The number of carbonyl (C=O) groups is 3. The summed E-state index contributed by atoms with van der Waals surface area (Å²) in [6.45, 7) is 2.49. The van der Waals surface area contributed by atoms with Crippen LogP contribution in [0.5, 0.6) is 0 Å². The average molecular weight is 506 g/mol. The largest absolute Gasteiger partial charge is 0.480 e. The molecule has 1 aliphatic rings. The number of unbranched alkanes of at least 4 members (excludes halogenated alkanes) is 3. The predicted octanol–water partition coefficient (Wildman–Crippen LogP) is 4.98. The molecule has 0 saturated carbocycles. The van der Waals surface area contributed by atoms with Gasteiger partial charge in [0.15, 0.2) is 0 Å². The number of carboxylic acid groups (broad SMARTS) is 1. The number of nitrogens with one attached hydrogen (secondary N) is 1. The molecule has 37 heavy (non-hydrogen) atoms. The molecule has 9 nitrogen and oxygen atoms in total. The Labute approximate surface area is 215 Å². The van der Waals surface area contributed by atoms with Gasteiger partial charge in [0.1, 0.15) is 19.0 Å². The van der Waals surface area contributed by atoms with Gasteiger partial charge < -0.3 is 19.9 Å². The SMILES string of the molecule is CCCCCCOC(=O)n1cnc(C[C@@H](NC(=O)OCC2c3ccccc3-c3ccccc32)C(=O)O)c1. The van der Waals surface area contributed by atoms with Gasteiger partial charge >= 0.3 is 18.2 Å². The first kappa shape index (κ1) is 25.9. The van der Waals surface area contributed by atoms with Gasteiger partial charge in [0.25, 0.3) is 0 Å². The number of rotatable bonds is 11. The Hall–Kier alpha value is -4.14. The van der Waals surface area contributed by atoms with E-state index in [-0.39, 0.29) is 18.9 Å². The van der Waals surface area contributed by atoms with Crippen molar-refractivity contribution >= 4 is 18.2 Å². The van der Waals surface area contributed by atoms with Crippen LogP contribution in [-0.2, 0) is 20.7 Å². The molecule has 1 amide bonds. The van der Waals surface area contributed by atoms with E-state index in [1.165, 1.54) is 17.1 Å². The Kier molecular flexibility index (Phi) is 8.56. The van der Waals surface area contributed by atoms with Crippen molar-refractivity contribution in [2.45, 2.75) is 51.0 Å².